The fourth-order valence-corrected chi connectivity index (χ4v) is 3.00. The Labute approximate surface area is 117 Å². The molecular weight excluding hydrogens is 282 g/mol. The van der Waals surface area contributed by atoms with E-state index in [1.54, 1.807) is 0 Å². The maximum Gasteiger partial charge on any atom is 0.292 e. The normalized spacial score (nSPS) is 15.1. The molecule has 2 rings (SSSR count). The fourth-order valence-electron chi connectivity index (χ4n) is 1.93. The van der Waals surface area contributed by atoms with Crippen LogP contribution < -0.4 is 10.0 Å². The molecule has 1 saturated carbocycles. The van der Waals surface area contributed by atoms with Gasteiger partial charge < -0.3 is 5.32 Å². The summed E-state index contributed by atoms with van der Waals surface area (Å²) in [5.41, 5.74) is 0.0319. The number of sulfonamides is 1. The first-order chi connectivity index (χ1) is 9.44. The SMILES string of the molecule is CNc1cc(S(=O)(=O)NCCC2CC2)ccc1[N+](=O)[O-]. The summed E-state index contributed by atoms with van der Waals surface area (Å²) in [6.07, 6.45) is 3.18. The van der Waals surface area contributed by atoms with Crippen molar-refractivity contribution < 1.29 is 13.3 Å². The lowest BCUT2D eigenvalue weighted by atomic mass is 10.3. The number of nitro benzene ring substituents is 1. The van der Waals surface area contributed by atoms with Crippen molar-refractivity contribution in [3.8, 4) is 0 Å². The minimum Gasteiger partial charge on any atom is -0.383 e. The molecule has 0 aromatic heterocycles. The highest BCUT2D eigenvalue weighted by Crippen LogP contribution is 2.32. The predicted octanol–water partition coefficient (Wildman–Crippen LogP) is 1.71. The number of anilines is 1. The number of benzene rings is 1. The zero-order valence-corrected chi connectivity index (χ0v) is 11.9. The van der Waals surface area contributed by atoms with E-state index >= 15 is 0 Å². The van der Waals surface area contributed by atoms with E-state index in [-0.39, 0.29) is 16.3 Å². The summed E-state index contributed by atoms with van der Waals surface area (Å²) in [6, 6.07) is 3.72. The summed E-state index contributed by atoms with van der Waals surface area (Å²) in [5, 5.41) is 13.4. The Bertz CT molecular complexity index is 611. The molecule has 0 spiro atoms. The average Bonchev–Trinajstić information content (AvgIpc) is 3.21. The van der Waals surface area contributed by atoms with Crippen molar-refractivity contribution in [1.82, 2.24) is 4.72 Å². The fraction of sp³-hybridized carbons (Fsp3) is 0.500. The summed E-state index contributed by atoms with van der Waals surface area (Å²) in [5.74, 6) is 0.641. The van der Waals surface area contributed by atoms with Gasteiger partial charge in [-0.3, -0.25) is 10.1 Å². The van der Waals surface area contributed by atoms with E-state index in [0.717, 1.165) is 6.42 Å². The molecule has 0 atom stereocenters. The van der Waals surface area contributed by atoms with E-state index in [1.807, 2.05) is 0 Å². The first kappa shape index (κ1) is 14.7. The van der Waals surface area contributed by atoms with Crippen molar-refractivity contribution in [2.45, 2.75) is 24.2 Å². The zero-order chi connectivity index (χ0) is 14.8. The number of nitro groups is 1. The first-order valence-electron chi connectivity index (χ1n) is 6.40. The van der Waals surface area contributed by atoms with Crippen molar-refractivity contribution in [2.24, 2.45) is 5.92 Å². The van der Waals surface area contributed by atoms with Gasteiger partial charge in [0.15, 0.2) is 0 Å². The molecule has 1 aromatic rings. The Hall–Kier alpha value is -1.67. The zero-order valence-electron chi connectivity index (χ0n) is 11.1. The van der Waals surface area contributed by atoms with Gasteiger partial charge in [-0.05, 0) is 24.5 Å². The molecule has 0 amide bonds. The molecule has 0 radical (unpaired) electrons. The third-order valence-electron chi connectivity index (χ3n) is 3.29. The first-order valence-corrected chi connectivity index (χ1v) is 7.88. The predicted molar refractivity (Wildman–Crippen MR) is 75.2 cm³/mol. The maximum absolute atomic E-state index is 12.1. The second-order valence-electron chi connectivity index (χ2n) is 4.82. The van der Waals surface area contributed by atoms with E-state index < -0.39 is 14.9 Å². The monoisotopic (exact) mass is 299 g/mol. The quantitative estimate of drug-likeness (QED) is 0.589. The van der Waals surface area contributed by atoms with E-state index in [9.17, 15) is 18.5 Å². The van der Waals surface area contributed by atoms with Crippen LogP contribution in [0.5, 0.6) is 0 Å². The molecule has 20 heavy (non-hydrogen) atoms. The van der Waals surface area contributed by atoms with Crippen molar-refractivity contribution >= 4 is 21.4 Å². The molecule has 1 aliphatic rings. The Morgan fingerprint density at radius 3 is 2.65 bits per heavy atom. The third-order valence-corrected chi connectivity index (χ3v) is 4.74. The molecule has 0 bridgehead atoms. The average molecular weight is 299 g/mol. The summed E-state index contributed by atoms with van der Waals surface area (Å²) in [4.78, 5) is 10.3. The lowest BCUT2D eigenvalue weighted by Crippen LogP contribution is -2.25. The second kappa shape index (κ2) is 5.76. The molecule has 1 aromatic carbocycles. The number of hydrogen-bond donors (Lipinski definition) is 2. The highest BCUT2D eigenvalue weighted by molar-refractivity contribution is 7.89. The third kappa shape index (κ3) is 3.45. The molecule has 7 nitrogen and oxygen atoms in total. The Kier molecular flexibility index (Phi) is 4.24. The molecule has 0 saturated heterocycles. The highest BCUT2D eigenvalue weighted by Gasteiger charge is 2.23. The summed E-state index contributed by atoms with van der Waals surface area (Å²) in [6.45, 7) is 0.402. The summed E-state index contributed by atoms with van der Waals surface area (Å²) >= 11 is 0. The Morgan fingerprint density at radius 2 is 2.10 bits per heavy atom. The van der Waals surface area contributed by atoms with Crippen LogP contribution in [0.25, 0.3) is 0 Å². The lowest BCUT2D eigenvalue weighted by Gasteiger charge is -2.08. The van der Waals surface area contributed by atoms with Gasteiger partial charge >= 0.3 is 0 Å². The molecule has 0 heterocycles. The van der Waals surface area contributed by atoms with E-state index in [1.165, 1.54) is 38.1 Å². The van der Waals surface area contributed by atoms with Crippen LogP contribution in [0.1, 0.15) is 19.3 Å². The van der Waals surface area contributed by atoms with Crippen LogP contribution >= 0.6 is 0 Å². The molecule has 1 fully saturated rings. The molecular formula is C12H17N3O4S. The van der Waals surface area contributed by atoms with Gasteiger partial charge in [0.1, 0.15) is 5.69 Å². The van der Waals surface area contributed by atoms with Gasteiger partial charge in [0.25, 0.3) is 5.69 Å². The van der Waals surface area contributed by atoms with Crippen LogP contribution in [-0.4, -0.2) is 26.9 Å². The van der Waals surface area contributed by atoms with Crippen LogP contribution in [0, 0.1) is 16.0 Å². The second-order valence-corrected chi connectivity index (χ2v) is 6.58. The molecule has 110 valence electrons. The largest absolute Gasteiger partial charge is 0.383 e. The number of rotatable bonds is 7. The standard InChI is InChI=1S/C12H17N3O4S/c1-13-11-8-10(4-5-12(11)15(16)17)20(18,19)14-7-6-9-2-3-9/h4-5,8-9,13-14H,2-3,6-7H2,1H3. The van der Waals surface area contributed by atoms with Crippen molar-refractivity contribution in [3.63, 3.8) is 0 Å². The van der Waals surface area contributed by atoms with Crippen molar-refractivity contribution in [3.05, 3.63) is 28.3 Å². The van der Waals surface area contributed by atoms with Crippen LogP contribution in [0.2, 0.25) is 0 Å². The molecule has 0 aliphatic heterocycles. The van der Waals surface area contributed by atoms with E-state index in [0.29, 0.717) is 12.5 Å². The van der Waals surface area contributed by atoms with Crippen LogP contribution in [0.15, 0.2) is 23.1 Å². The number of hydrogen-bond acceptors (Lipinski definition) is 5. The summed E-state index contributed by atoms with van der Waals surface area (Å²) < 4.78 is 26.7. The van der Waals surface area contributed by atoms with Gasteiger partial charge in [-0.25, -0.2) is 13.1 Å². The van der Waals surface area contributed by atoms with Crippen LogP contribution in [0.4, 0.5) is 11.4 Å². The number of nitrogens with one attached hydrogen (secondary N) is 2. The molecule has 0 unspecified atom stereocenters. The van der Waals surface area contributed by atoms with Gasteiger partial charge in [-0.1, -0.05) is 12.8 Å². The molecule has 2 N–H and O–H groups in total. The Morgan fingerprint density at radius 1 is 1.40 bits per heavy atom. The number of nitrogens with zero attached hydrogens (tertiary/aromatic N) is 1. The van der Waals surface area contributed by atoms with Gasteiger partial charge in [0, 0.05) is 19.7 Å². The minimum absolute atomic E-state index is 0.0308. The van der Waals surface area contributed by atoms with Crippen LogP contribution in [0.3, 0.4) is 0 Å². The lowest BCUT2D eigenvalue weighted by molar-refractivity contribution is -0.384. The van der Waals surface area contributed by atoms with E-state index in [2.05, 4.69) is 10.0 Å². The topological polar surface area (TPSA) is 101 Å². The van der Waals surface area contributed by atoms with Gasteiger partial charge in [-0.15, -0.1) is 0 Å². The molecule has 1 aliphatic carbocycles. The van der Waals surface area contributed by atoms with E-state index in [4.69, 9.17) is 0 Å². The maximum atomic E-state index is 12.1. The summed E-state index contributed by atoms with van der Waals surface area (Å²) in [7, 11) is -2.10. The van der Waals surface area contributed by atoms with Crippen LogP contribution in [-0.2, 0) is 10.0 Å². The molecule has 8 heteroatoms. The minimum atomic E-state index is -3.62. The van der Waals surface area contributed by atoms with Gasteiger partial charge in [0.05, 0.1) is 9.82 Å². The van der Waals surface area contributed by atoms with Crippen molar-refractivity contribution in [2.75, 3.05) is 18.9 Å². The van der Waals surface area contributed by atoms with Gasteiger partial charge in [-0.2, -0.15) is 0 Å². The Balaban J connectivity index is 2.15. The highest BCUT2D eigenvalue weighted by atomic mass is 32.2. The smallest absolute Gasteiger partial charge is 0.292 e. The van der Waals surface area contributed by atoms with Crippen molar-refractivity contribution in [1.29, 1.82) is 0 Å². The van der Waals surface area contributed by atoms with Gasteiger partial charge in [0.2, 0.25) is 10.0 Å².